The molecule has 0 amide bonds. The third kappa shape index (κ3) is 2.50. The van der Waals surface area contributed by atoms with Crippen LogP contribution in [-0.2, 0) is 14.3 Å². The van der Waals surface area contributed by atoms with Gasteiger partial charge in [-0.1, -0.05) is 24.6 Å². The molecule has 3 saturated carbocycles. The van der Waals surface area contributed by atoms with Gasteiger partial charge < -0.3 is 9.47 Å². The second-order valence-corrected chi connectivity index (χ2v) is 10.0. The van der Waals surface area contributed by atoms with E-state index < -0.39 is 0 Å². The number of hydrogen-bond donors (Lipinski definition) is 0. The van der Waals surface area contributed by atoms with Gasteiger partial charge in [0.2, 0.25) is 0 Å². The molecule has 0 aromatic carbocycles. The Kier molecular flexibility index (Phi) is 4.22. The second kappa shape index (κ2) is 6.29. The van der Waals surface area contributed by atoms with Crippen LogP contribution in [-0.4, -0.2) is 24.8 Å². The number of ketones is 1. The number of fused-ring (bicyclic) bond motifs is 5. The lowest BCUT2D eigenvalue weighted by Gasteiger charge is -2.58. The minimum atomic E-state index is -0.329. The Hall–Kier alpha value is -0.930. The van der Waals surface area contributed by atoms with E-state index in [9.17, 15) is 4.79 Å². The van der Waals surface area contributed by atoms with Gasteiger partial charge in [0.05, 0.1) is 13.2 Å². The van der Waals surface area contributed by atoms with Crippen molar-refractivity contribution in [2.75, 3.05) is 13.2 Å². The monoisotopic (exact) mass is 370 g/mol. The Morgan fingerprint density at radius 3 is 2.78 bits per heavy atom. The Morgan fingerprint density at radius 2 is 2.00 bits per heavy atom. The van der Waals surface area contributed by atoms with E-state index in [2.05, 4.69) is 19.6 Å². The number of Topliss-reactive ketones (excluding diaryl/α,β-unsaturated/α-hetero) is 1. The number of hydrogen-bond acceptors (Lipinski definition) is 3. The van der Waals surface area contributed by atoms with E-state index in [0.717, 1.165) is 70.5 Å². The first-order valence-corrected chi connectivity index (χ1v) is 11.1. The summed E-state index contributed by atoms with van der Waals surface area (Å²) in [7, 11) is 0. The smallest absolute Gasteiger partial charge is 0.172 e. The Morgan fingerprint density at radius 1 is 1.19 bits per heavy atom. The molecular weight excluding hydrogens is 336 g/mol. The van der Waals surface area contributed by atoms with Gasteiger partial charge >= 0.3 is 0 Å². The normalized spacial score (nSPS) is 45.1. The first-order valence-electron chi connectivity index (χ1n) is 11.1. The summed E-state index contributed by atoms with van der Waals surface area (Å²) in [6.07, 6.45) is 15.1. The Labute approximate surface area is 163 Å². The van der Waals surface area contributed by atoms with E-state index in [1.54, 1.807) is 5.57 Å². The molecule has 5 atom stereocenters. The predicted molar refractivity (Wildman–Crippen MR) is 105 cm³/mol. The van der Waals surface area contributed by atoms with E-state index in [1.165, 1.54) is 12.8 Å². The van der Waals surface area contributed by atoms with Crippen molar-refractivity contribution in [2.24, 2.45) is 28.6 Å². The summed E-state index contributed by atoms with van der Waals surface area (Å²) >= 11 is 0. The number of rotatable bonds is 3. The molecule has 1 aliphatic heterocycles. The second-order valence-electron chi connectivity index (χ2n) is 10.0. The van der Waals surface area contributed by atoms with E-state index in [4.69, 9.17) is 9.47 Å². The fraction of sp³-hybridized carbons (Fsp3) is 0.792. The summed E-state index contributed by atoms with van der Waals surface area (Å²) in [6, 6.07) is 0. The van der Waals surface area contributed by atoms with Crippen LogP contribution >= 0.6 is 0 Å². The lowest BCUT2D eigenvalue weighted by molar-refractivity contribution is -0.185. The SMILES string of the molecule is C=CCC[C@]12CC[C@H]3[C@@H](CC=C4CC5(CC[C@@]43C)OCCO5)[C@@H]1CCC2=O. The van der Waals surface area contributed by atoms with Gasteiger partial charge in [-0.15, -0.1) is 6.58 Å². The molecular formula is C24H34O3. The van der Waals surface area contributed by atoms with E-state index in [0.29, 0.717) is 17.6 Å². The minimum Gasteiger partial charge on any atom is -0.347 e. The van der Waals surface area contributed by atoms with Crippen LogP contribution in [0, 0.1) is 28.6 Å². The van der Waals surface area contributed by atoms with E-state index >= 15 is 0 Å². The van der Waals surface area contributed by atoms with Crippen LogP contribution in [0.1, 0.15) is 71.1 Å². The quantitative estimate of drug-likeness (QED) is 0.640. The largest absolute Gasteiger partial charge is 0.347 e. The highest BCUT2D eigenvalue weighted by Crippen LogP contribution is 2.66. The maximum atomic E-state index is 13.0. The molecule has 4 aliphatic carbocycles. The molecule has 1 spiro atoms. The molecule has 1 saturated heterocycles. The van der Waals surface area contributed by atoms with Gasteiger partial charge in [0, 0.05) is 24.7 Å². The third-order valence-corrected chi connectivity index (χ3v) is 9.16. The highest BCUT2D eigenvalue weighted by molar-refractivity contribution is 5.87. The number of allylic oxidation sites excluding steroid dienone is 2. The molecule has 5 aliphatic rings. The van der Waals surface area contributed by atoms with Crippen molar-refractivity contribution in [3.8, 4) is 0 Å². The van der Waals surface area contributed by atoms with Crippen molar-refractivity contribution in [3.05, 3.63) is 24.3 Å². The minimum absolute atomic E-state index is 0.0371. The molecule has 3 heteroatoms. The van der Waals surface area contributed by atoms with Crippen molar-refractivity contribution < 1.29 is 14.3 Å². The Bertz CT molecular complexity index is 673. The number of carbonyl (C=O) groups is 1. The predicted octanol–water partition coefficient (Wildman–Crippen LogP) is 5.21. The summed E-state index contributed by atoms with van der Waals surface area (Å²) in [5.41, 5.74) is 1.82. The fourth-order valence-electron chi connectivity index (χ4n) is 7.75. The molecule has 0 radical (unpaired) electrons. The van der Waals surface area contributed by atoms with Crippen molar-refractivity contribution in [1.82, 2.24) is 0 Å². The lowest BCUT2D eigenvalue weighted by atomic mass is 9.47. The first kappa shape index (κ1) is 18.1. The van der Waals surface area contributed by atoms with Crippen LogP contribution < -0.4 is 0 Å². The van der Waals surface area contributed by atoms with Gasteiger partial charge in [-0.2, -0.15) is 0 Å². The van der Waals surface area contributed by atoms with Gasteiger partial charge in [-0.3, -0.25) is 4.79 Å². The summed E-state index contributed by atoms with van der Waals surface area (Å²) in [5, 5.41) is 0. The number of carbonyl (C=O) groups excluding carboxylic acids is 1. The lowest BCUT2D eigenvalue weighted by Crippen LogP contribution is -2.53. The zero-order valence-corrected chi connectivity index (χ0v) is 16.8. The van der Waals surface area contributed by atoms with Crippen LogP contribution in [0.25, 0.3) is 0 Å². The molecule has 4 fully saturated rings. The van der Waals surface area contributed by atoms with Gasteiger partial charge in [-0.25, -0.2) is 0 Å². The van der Waals surface area contributed by atoms with Crippen LogP contribution in [0.4, 0.5) is 0 Å². The zero-order chi connectivity index (χ0) is 18.7. The van der Waals surface area contributed by atoms with Crippen molar-refractivity contribution in [2.45, 2.75) is 76.9 Å². The highest BCUT2D eigenvalue weighted by atomic mass is 16.7. The summed E-state index contributed by atoms with van der Waals surface area (Å²) < 4.78 is 12.1. The van der Waals surface area contributed by atoms with Gasteiger partial charge in [0.15, 0.2) is 5.79 Å². The molecule has 3 nitrogen and oxygen atoms in total. The average molecular weight is 371 g/mol. The fourth-order valence-corrected chi connectivity index (χ4v) is 7.75. The molecule has 27 heavy (non-hydrogen) atoms. The Balaban J connectivity index is 1.44. The average Bonchev–Trinajstić information content (AvgIpc) is 3.26. The highest BCUT2D eigenvalue weighted by Gasteiger charge is 2.61. The summed E-state index contributed by atoms with van der Waals surface area (Å²) in [4.78, 5) is 13.0. The van der Waals surface area contributed by atoms with E-state index in [-0.39, 0.29) is 16.6 Å². The van der Waals surface area contributed by atoms with Gasteiger partial charge in [0.1, 0.15) is 5.78 Å². The molecule has 0 N–H and O–H groups in total. The summed E-state index contributed by atoms with van der Waals surface area (Å²) in [6.45, 7) is 7.91. The summed E-state index contributed by atoms with van der Waals surface area (Å²) in [5.74, 6) is 2.23. The van der Waals surface area contributed by atoms with Gasteiger partial charge in [-0.05, 0) is 68.1 Å². The molecule has 5 rings (SSSR count). The van der Waals surface area contributed by atoms with Gasteiger partial charge in [0.25, 0.3) is 0 Å². The van der Waals surface area contributed by atoms with E-state index in [1.807, 2.05) is 6.08 Å². The topological polar surface area (TPSA) is 35.5 Å². The molecule has 0 aromatic heterocycles. The van der Waals surface area contributed by atoms with Crippen LogP contribution in [0.2, 0.25) is 0 Å². The maximum Gasteiger partial charge on any atom is 0.172 e. The molecule has 148 valence electrons. The van der Waals surface area contributed by atoms with Crippen LogP contribution in [0.3, 0.4) is 0 Å². The zero-order valence-electron chi connectivity index (χ0n) is 16.8. The molecule has 0 aromatic rings. The third-order valence-electron chi connectivity index (χ3n) is 9.16. The van der Waals surface area contributed by atoms with Crippen molar-refractivity contribution in [1.29, 1.82) is 0 Å². The van der Waals surface area contributed by atoms with Crippen molar-refractivity contribution in [3.63, 3.8) is 0 Å². The first-order chi connectivity index (χ1) is 13.0. The molecule has 1 heterocycles. The molecule has 0 bridgehead atoms. The maximum absolute atomic E-state index is 13.0. The molecule has 0 unspecified atom stereocenters. The van der Waals surface area contributed by atoms with Crippen LogP contribution in [0.5, 0.6) is 0 Å². The standard InChI is InChI=1S/C24H34O3/c1-3-4-10-23-11-9-19-18(20(23)7-8-21(23)25)6-5-17-16-24(26-14-15-27-24)13-12-22(17,19)2/h3,5,18-20H,1,4,6-16H2,2H3/t18-,19+,20+,22+,23+/m1/s1. The number of ether oxygens (including phenoxy) is 2. The van der Waals surface area contributed by atoms with Crippen LogP contribution in [0.15, 0.2) is 24.3 Å². The van der Waals surface area contributed by atoms with Crippen molar-refractivity contribution >= 4 is 5.78 Å².